The monoisotopic (exact) mass is 421 g/mol. The summed E-state index contributed by atoms with van der Waals surface area (Å²) in [6.45, 7) is 4.28. The number of rotatable bonds is 3. The molecular formula is C19H18F3N5OS. The molecule has 3 aromatic rings. The molecule has 6 nitrogen and oxygen atoms in total. The Labute approximate surface area is 168 Å². The van der Waals surface area contributed by atoms with E-state index in [9.17, 15) is 18.0 Å². The first-order valence-corrected chi connectivity index (χ1v) is 9.89. The predicted octanol–water partition coefficient (Wildman–Crippen LogP) is 3.55. The van der Waals surface area contributed by atoms with Crippen LogP contribution in [-0.2, 0) is 6.18 Å². The van der Waals surface area contributed by atoms with Gasteiger partial charge in [-0.1, -0.05) is 18.2 Å². The van der Waals surface area contributed by atoms with Gasteiger partial charge in [-0.2, -0.15) is 13.2 Å². The van der Waals surface area contributed by atoms with E-state index in [0.717, 1.165) is 6.07 Å². The molecule has 3 heterocycles. The number of nitrogens with one attached hydrogen (secondary N) is 1. The summed E-state index contributed by atoms with van der Waals surface area (Å²) >= 11 is 1.33. The van der Waals surface area contributed by atoms with E-state index < -0.39 is 11.7 Å². The van der Waals surface area contributed by atoms with Gasteiger partial charge in [0.05, 0.1) is 11.3 Å². The third-order valence-electron chi connectivity index (χ3n) is 4.71. The van der Waals surface area contributed by atoms with Gasteiger partial charge in [0, 0.05) is 48.9 Å². The number of anilines is 2. The van der Waals surface area contributed by atoms with Gasteiger partial charge >= 0.3 is 6.18 Å². The predicted molar refractivity (Wildman–Crippen MR) is 107 cm³/mol. The number of hydrogen-bond donors (Lipinski definition) is 1. The molecule has 0 amide bonds. The van der Waals surface area contributed by atoms with Crippen molar-refractivity contribution in [3.8, 4) is 11.3 Å². The number of aryl methyl sites for hydroxylation is 1. The topological polar surface area (TPSA) is 65.1 Å². The smallest absolute Gasteiger partial charge is 0.345 e. The molecule has 1 N–H and O–H groups in total. The van der Waals surface area contributed by atoms with Crippen molar-refractivity contribution in [2.24, 2.45) is 0 Å². The van der Waals surface area contributed by atoms with E-state index >= 15 is 0 Å². The van der Waals surface area contributed by atoms with E-state index in [1.54, 1.807) is 18.4 Å². The molecule has 0 saturated carbocycles. The Morgan fingerprint density at radius 3 is 2.45 bits per heavy atom. The van der Waals surface area contributed by atoms with Crippen molar-refractivity contribution in [3.05, 3.63) is 57.3 Å². The summed E-state index contributed by atoms with van der Waals surface area (Å²) in [6, 6.07) is 6.91. The lowest BCUT2D eigenvalue weighted by atomic mass is 10.1. The normalized spacial score (nSPS) is 15.0. The van der Waals surface area contributed by atoms with Crippen LogP contribution in [0.2, 0.25) is 0 Å². The number of piperazine rings is 1. The van der Waals surface area contributed by atoms with Gasteiger partial charge in [-0.3, -0.25) is 9.78 Å². The van der Waals surface area contributed by atoms with Gasteiger partial charge in [0.2, 0.25) is 5.95 Å². The molecule has 1 aliphatic rings. The highest BCUT2D eigenvalue weighted by atomic mass is 32.1. The van der Waals surface area contributed by atoms with Gasteiger partial charge in [0.1, 0.15) is 0 Å². The molecular weight excluding hydrogens is 403 g/mol. The molecule has 0 bridgehead atoms. The molecule has 152 valence electrons. The quantitative estimate of drug-likeness (QED) is 0.701. The number of aromatic nitrogens is 3. The van der Waals surface area contributed by atoms with Crippen molar-refractivity contribution in [2.75, 3.05) is 36.0 Å². The number of alkyl halides is 3. The maximum Gasteiger partial charge on any atom is 0.417 e. The number of thiazole rings is 1. The van der Waals surface area contributed by atoms with E-state index in [4.69, 9.17) is 0 Å². The summed E-state index contributed by atoms with van der Waals surface area (Å²) < 4.78 is 39.9. The zero-order valence-corrected chi connectivity index (χ0v) is 16.3. The maximum absolute atomic E-state index is 13.3. The van der Waals surface area contributed by atoms with Crippen LogP contribution >= 0.6 is 11.3 Å². The van der Waals surface area contributed by atoms with Crippen LogP contribution in [-0.4, -0.2) is 41.1 Å². The van der Waals surface area contributed by atoms with Gasteiger partial charge in [-0.15, -0.1) is 11.3 Å². The molecule has 0 atom stereocenters. The van der Waals surface area contributed by atoms with Crippen LogP contribution in [0.15, 0.2) is 40.5 Å². The number of halogens is 3. The van der Waals surface area contributed by atoms with E-state index in [1.807, 2.05) is 9.80 Å². The van der Waals surface area contributed by atoms with E-state index in [0.29, 0.717) is 48.6 Å². The Hall–Kier alpha value is -2.88. The van der Waals surface area contributed by atoms with Crippen molar-refractivity contribution in [1.82, 2.24) is 15.0 Å². The molecule has 1 fully saturated rings. The number of hydrogen-bond acceptors (Lipinski definition) is 6. The van der Waals surface area contributed by atoms with Crippen LogP contribution < -0.4 is 15.4 Å². The van der Waals surface area contributed by atoms with E-state index in [2.05, 4.69) is 15.0 Å². The van der Waals surface area contributed by atoms with Gasteiger partial charge < -0.3 is 9.80 Å². The van der Waals surface area contributed by atoms with Gasteiger partial charge in [0.25, 0.3) is 5.56 Å². The van der Waals surface area contributed by atoms with Crippen molar-refractivity contribution in [1.29, 1.82) is 0 Å². The standard InChI is InChI=1S/C19H18F3N5OS/c1-12-10-16(28)25-17(23-12)26-6-8-27(9-7-26)18-24-15(11-29-18)13-4-2-3-5-14(13)19(20,21)22/h2-5,10-11H,6-9H2,1H3,(H,23,25,28). The van der Waals surface area contributed by atoms with E-state index in [1.165, 1.54) is 29.5 Å². The molecule has 4 rings (SSSR count). The van der Waals surface area contributed by atoms with Crippen LogP contribution in [0.4, 0.5) is 24.3 Å². The van der Waals surface area contributed by atoms with Crippen molar-refractivity contribution in [2.45, 2.75) is 13.1 Å². The van der Waals surface area contributed by atoms with Crippen LogP contribution in [0, 0.1) is 6.92 Å². The molecule has 0 radical (unpaired) electrons. The molecule has 1 saturated heterocycles. The van der Waals surface area contributed by atoms with Crippen molar-refractivity contribution < 1.29 is 13.2 Å². The lowest BCUT2D eigenvalue weighted by Gasteiger charge is -2.34. The zero-order chi connectivity index (χ0) is 20.6. The molecule has 29 heavy (non-hydrogen) atoms. The minimum absolute atomic E-state index is 0.0858. The average molecular weight is 421 g/mol. The lowest BCUT2D eigenvalue weighted by Crippen LogP contribution is -2.47. The fourth-order valence-corrected chi connectivity index (χ4v) is 4.19. The summed E-state index contributed by atoms with van der Waals surface area (Å²) in [5.74, 6) is 0.536. The van der Waals surface area contributed by atoms with Crippen molar-refractivity contribution in [3.63, 3.8) is 0 Å². The molecule has 10 heteroatoms. The van der Waals surface area contributed by atoms with Crippen LogP contribution in [0.3, 0.4) is 0 Å². The average Bonchev–Trinajstić information content (AvgIpc) is 3.17. The summed E-state index contributed by atoms with van der Waals surface area (Å²) in [5.41, 5.74) is 0.186. The van der Waals surface area contributed by atoms with Gasteiger partial charge in [-0.05, 0) is 13.0 Å². The first-order chi connectivity index (χ1) is 13.8. The highest BCUT2D eigenvalue weighted by Gasteiger charge is 2.34. The second-order valence-electron chi connectivity index (χ2n) is 6.74. The lowest BCUT2D eigenvalue weighted by molar-refractivity contribution is -0.137. The molecule has 2 aromatic heterocycles. The Bertz CT molecular complexity index is 1070. The maximum atomic E-state index is 13.3. The van der Waals surface area contributed by atoms with E-state index in [-0.39, 0.29) is 11.1 Å². The second-order valence-corrected chi connectivity index (χ2v) is 7.58. The molecule has 0 spiro atoms. The highest BCUT2D eigenvalue weighted by molar-refractivity contribution is 7.14. The molecule has 0 aliphatic carbocycles. The number of aromatic amines is 1. The third-order valence-corrected chi connectivity index (χ3v) is 5.61. The first-order valence-electron chi connectivity index (χ1n) is 9.01. The van der Waals surface area contributed by atoms with Gasteiger partial charge in [0.15, 0.2) is 5.13 Å². The molecule has 0 unspecified atom stereocenters. The highest BCUT2D eigenvalue weighted by Crippen LogP contribution is 2.38. The summed E-state index contributed by atoms with van der Waals surface area (Å²) in [6.07, 6.45) is -4.43. The first kappa shape index (κ1) is 19.4. The van der Waals surface area contributed by atoms with Crippen molar-refractivity contribution >= 4 is 22.4 Å². The Kier molecular flexibility index (Phi) is 5.03. The minimum Gasteiger partial charge on any atom is -0.345 e. The number of H-pyrrole nitrogens is 1. The van der Waals surface area contributed by atoms with Crippen LogP contribution in [0.1, 0.15) is 11.3 Å². The molecule has 1 aliphatic heterocycles. The fraction of sp³-hybridized carbons (Fsp3) is 0.316. The number of nitrogens with zero attached hydrogens (tertiary/aromatic N) is 4. The summed E-state index contributed by atoms with van der Waals surface area (Å²) in [7, 11) is 0. The Morgan fingerprint density at radius 1 is 1.07 bits per heavy atom. The Morgan fingerprint density at radius 2 is 1.76 bits per heavy atom. The zero-order valence-electron chi connectivity index (χ0n) is 15.5. The van der Waals surface area contributed by atoms with Crippen LogP contribution in [0.5, 0.6) is 0 Å². The summed E-state index contributed by atoms with van der Waals surface area (Å²) in [5, 5.41) is 2.34. The van der Waals surface area contributed by atoms with Gasteiger partial charge in [-0.25, -0.2) is 9.97 Å². The minimum atomic E-state index is -4.43. The van der Waals surface area contributed by atoms with Crippen LogP contribution in [0.25, 0.3) is 11.3 Å². The SMILES string of the molecule is Cc1cc(=O)[nH]c(N2CCN(c3nc(-c4ccccc4C(F)(F)F)cs3)CC2)n1. The number of benzene rings is 1. The second kappa shape index (κ2) is 7.51. The summed E-state index contributed by atoms with van der Waals surface area (Å²) in [4.78, 5) is 27.2. The fourth-order valence-electron chi connectivity index (χ4n) is 3.31. The largest absolute Gasteiger partial charge is 0.417 e. The molecule has 1 aromatic carbocycles. The Balaban J connectivity index is 1.50. The third kappa shape index (κ3) is 4.12.